The third-order valence-electron chi connectivity index (χ3n) is 2.56. The molecule has 3 nitrogen and oxygen atoms in total. The molecule has 1 aromatic rings. The van der Waals surface area contributed by atoms with Crippen molar-refractivity contribution >= 4 is 17.3 Å². The first-order valence-electron chi connectivity index (χ1n) is 5.98. The van der Waals surface area contributed by atoms with Crippen LogP contribution in [-0.4, -0.2) is 32.3 Å². The molecule has 0 aliphatic rings. The smallest absolute Gasteiger partial charge is 0.166 e. The van der Waals surface area contributed by atoms with E-state index in [1.807, 2.05) is 18.2 Å². The van der Waals surface area contributed by atoms with Crippen molar-refractivity contribution in [3.63, 3.8) is 0 Å². The van der Waals surface area contributed by atoms with E-state index in [2.05, 4.69) is 43.8 Å². The van der Waals surface area contributed by atoms with Gasteiger partial charge in [0.15, 0.2) is 5.11 Å². The zero-order valence-electron chi connectivity index (χ0n) is 10.8. The second-order valence-electron chi connectivity index (χ2n) is 4.49. The van der Waals surface area contributed by atoms with E-state index >= 15 is 0 Å². The molecule has 0 aliphatic heterocycles. The van der Waals surface area contributed by atoms with Crippen LogP contribution in [0.25, 0.3) is 0 Å². The Morgan fingerprint density at radius 1 is 1.29 bits per heavy atom. The first kappa shape index (κ1) is 13.9. The predicted molar refractivity (Wildman–Crippen MR) is 76.3 cm³/mol. The highest BCUT2D eigenvalue weighted by Gasteiger charge is 2.05. The van der Waals surface area contributed by atoms with Crippen molar-refractivity contribution in [1.29, 1.82) is 0 Å². The molecule has 1 aromatic carbocycles. The molecule has 0 spiro atoms. The summed E-state index contributed by atoms with van der Waals surface area (Å²) in [6, 6.07) is 10.5. The minimum absolute atomic E-state index is 0.239. The van der Waals surface area contributed by atoms with Gasteiger partial charge in [0.05, 0.1) is 33.2 Å². The van der Waals surface area contributed by atoms with Crippen molar-refractivity contribution in [3.8, 4) is 0 Å². The first-order valence-corrected chi connectivity index (χ1v) is 6.38. The molecule has 0 heterocycles. The number of hydrogen-bond acceptors (Lipinski definition) is 1. The second kappa shape index (κ2) is 7.25. The molecule has 0 saturated carbocycles. The predicted octanol–water partition coefficient (Wildman–Crippen LogP) is 0.356. The molecule has 17 heavy (non-hydrogen) atoms. The summed E-state index contributed by atoms with van der Waals surface area (Å²) in [5.41, 5.74) is 1.25. The van der Waals surface area contributed by atoms with Gasteiger partial charge in [-0.05, 0) is 24.7 Å². The summed E-state index contributed by atoms with van der Waals surface area (Å²) in [5, 5.41) is 7.22. The minimum Gasteiger partial charge on any atom is -0.357 e. The lowest BCUT2D eigenvalue weighted by atomic mass is 10.1. The fourth-order valence-electron chi connectivity index (χ4n) is 1.50. The Labute approximate surface area is 109 Å². The number of rotatable bonds is 5. The van der Waals surface area contributed by atoms with Crippen LogP contribution in [0, 0.1) is 0 Å². The fourth-order valence-corrected chi connectivity index (χ4v) is 1.78. The van der Waals surface area contributed by atoms with Crippen LogP contribution in [0.4, 0.5) is 0 Å². The van der Waals surface area contributed by atoms with Crippen molar-refractivity contribution < 1.29 is 4.90 Å². The van der Waals surface area contributed by atoms with Crippen LogP contribution < -0.4 is 15.5 Å². The van der Waals surface area contributed by atoms with Gasteiger partial charge in [-0.1, -0.05) is 30.3 Å². The molecule has 0 amide bonds. The van der Waals surface area contributed by atoms with E-state index in [1.165, 1.54) is 10.5 Å². The van der Waals surface area contributed by atoms with Crippen LogP contribution in [0.2, 0.25) is 0 Å². The largest absolute Gasteiger partial charge is 0.357 e. The molecule has 4 heteroatoms. The Morgan fingerprint density at radius 2 is 1.94 bits per heavy atom. The van der Waals surface area contributed by atoms with E-state index < -0.39 is 0 Å². The summed E-state index contributed by atoms with van der Waals surface area (Å²) in [6.07, 6.45) is 0. The molecule has 0 saturated heterocycles. The van der Waals surface area contributed by atoms with Crippen LogP contribution >= 0.6 is 12.2 Å². The Balaban J connectivity index is 2.31. The maximum Gasteiger partial charge on any atom is 0.166 e. The van der Waals surface area contributed by atoms with Gasteiger partial charge in [0.1, 0.15) is 0 Å². The van der Waals surface area contributed by atoms with Gasteiger partial charge in [-0.15, -0.1) is 0 Å². The number of hydrogen-bond donors (Lipinski definition) is 3. The van der Waals surface area contributed by atoms with Crippen molar-refractivity contribution in [1.82, 2.24) is 10.6 Å². The normalized spacial score (nSPS) is 12.2. The molecule has 0 radical (unpaired) electrons. The van der Waals surface area contributed by atoms with E-state index in [0.29, 0.717) is 0 Å². The highest BCUT2D eigenvalue weighted by Crippen LogP contribution is 2.10. The molecular formula is C13H22N3S+. The van der Waals surface area contributed by atoms with Crippen LogP contribution in [0.3, 0.4) is 0 Å². The van der Waals surface area contributed by atoms with E-state index in [9.17, 15) is 0 Å². The number of quaternary nitrogens is 1. The molecule has 0 fully saturated rings. The molecule has 94 valence electrons. The number of likely N-dealkylation sites (N-methyl/N-ethyl adjacent to an activating group) is 1. The molecule has 0 bridgehead atoms. The fraction of sp³-hybridized carbons (Fsp3) is 0.462. The van der Waals surface area contributed by atoms with E-state index in [-0.39, 0.29) is 6.04 Å². The lowest BCUT2D eigenvalue weighted by Crippen LogP contribution is -3.06. The summed E-state index contributed by atoms with van der Waals surface area (Å²) in [6.45, 7) is 4.07. The number of nitrogens with one attached hydrogen (secondary N) is 3. The van der Waals surface area contributed by atoms with Crippen LogP contribution in [0.5, 0.6) is 0 Å². The summed E-state index contributed by atoms with van der Waals surface area (Å²) >= 11 is 5.25. The van der Waals surface area contributed by atoms with Gasteiger partial charge in [-0.2, -0.15) is 0 Å². The van der Waals surface area contributed by atoms with Gasteiger partial charge >= 0.3 is 0 Å². The zero-order chi connectivity index (χ0) is 12.7. The minimum atomic E-state index is 0.239. The standard InChI is InChI=1S/C13H21N3S/c1-11(12-7-5-4-6-8-12)15-13(17)14-9-10-16(2)3/h4-8,11H,9-10H2,1-3H3,(H2,14,15,17)/p+1/t11-/m1/s1. The van der Waals surface area contributed by atoms with Gasteiger partial charge in [0.2, 0.25) is 0 Å². The Kier molecular flexibility index (Phi) is 5.94. The highest BCUT2D eigenvalue weighted by molar-refractivity contribution is 7.80. The van der Waals surface area contributed by atoms with E-state index in [4.69, 9.17) is 12.2 Å². The van der Waals surface area contributed by atoms with Gasteiger partial charge in [-0.3, -0.25) is 0 Å². The average Bonchev–Trinajstić information content (AvgIpc) is 2.29. The van der Waals surface area contributed by atoms with E-state index in [1.54, 1.807) is 0 Å². The summed E-state index contributed by atoms with van der Waals surface area (Å²) < 4.78 is 0. The monoisotopic (exact) mass is 252 g/mol. The molecule has 0 unspecified atom stereocenters. The third kappa shape index (κ3) is 5.65. The van der Waals surface area contributed by atoms with E-state index in [0.717, 1.165) is 18.2 Å². The Bertz CT molecular complexity index is 338. The molecule has 1 rings (SSSR count). The highest BCUT2D eigenvalue weighted by atomic mass is 32.1. The third-order valence-corrected chi connectivity index (χ3v) is 2.82. The topological polar surface area (TPSA) is 28.5 Å². The molecule has 0 aliphatic carbocycles. The van der Waals surface area contributed by atoms with Gasteiger partial charge in [0, 0.05) is 0 Å². The van der Waals surface area contributed by atoms with Gasteiger partial charge in [-0.25, -0.2) is 0 Å². The number of benzene rings is 1. The lowest BCUT2D eigenvalue weighted by Gasteiger charge is -2.17. The molecule has 0 aromatic heterocycles. The first-order chi connectivity index (χ1) is 8.09. The summed E-state index contributed by atoms with van der Waals surface area (Å²) in [5.74, 6) is 0. The van der Waals surface area contributed by atoms with Crippen molar-refractivity contribution in [2.75, 3.05) is 27.2 Å². The zero-order valence-corrected chi connectivity index (χ0v) is 11.6. The molecule has 3 N–H and O–H groups in total. The molecular weight excluding hydrogens is 230 g/mol. The SMILES string of the molecule is C[C@@H](NC(=S)NCC[NH+](C)C)c1ccccc1. The quantitative estimate of drug-likeness (QED) is 0.661. The Morgan fingerprint density at radius 3 is 2.53 bits per heavy atom. The van der Waals surface area contributed by atoms with Crippen LogP contribution in [-0.2, 0) is 0 Å². The van der Waals surface area contributed by atoms with Gasteiger partial charge in [0.25, 0.3) is 0 Å². The maximum atomic E-state index is 5.25. The average molecular weight is 252 g/mol. The lowest BCUT2D eigenvalue weighted by molar-refractivity contribution is -0.856. The molecule has 1 atom stereocenters. The van der Waals surface area contributed by atoms with Crippen molar-refractivity contribution in [2.24, 2.45) is 0 Å². The van der Waals surface area contributed by atoms with Crippen molar-refractivity contribution in [3.05, 3.63) is 35.9 Å². The van der Waals surface area contributed by atoms with Crippen molar-refractivity contribution in [2.45, 2.75) is 13.0 Å². The summed E-state index contributed by atoms with van der Waals surface area (Å²) in [7, 11) is 4.26. The van der Waals surface area contributed by atoms with Crippen LogP contribution in [0.1, 0.15) is 18.5 Å². The van der Waals surface area contributed by atoms with Crippen LogP contribution in [0.15, 0.2) is 30.3 Å². The Hall–Kier alpha value is -1.13. The second-order valence-corrected chi connectivity index (χ2v) is 4.90. The van der Waals surface area contributed by atoms with Gasteiger partial charge < -0.3 is 15.5 Å². The number of thiocarbonyl (C=S) groups is 1. The summed E-state index contributed by atoms with van der Waals surface area (Å²) in [4.78, 5) is 1.41. The maximum absolute atomic E-state index is 5.25.